The van der Waals surface area contributed by atoms with E-state index in [-0.39, 0.29) is 30.9 Å². The molecule has 0 spiro atoms. The van der Waals surface area contributed by atoms with Crippen LogP contribution in [0.25, 0.3) is 0 Å². The van der Waals surface area contributed by atoms with Crippen LogP contribution in [0.15, 0.2) is 24.3 Å². The number of esters is 1. The summed E-state index contributed by atoms with van der Waals surface area (Å²) in [6.45, 7) is 4.42. The van der Waals surface area contributed by atoms with E-state index in [0.29, 0.717) is 12.1 Å². The van der Waals surface area contributed by atoms with Gasteiger partial charge in [0.25, 0.3) is 0 Å². The number of carbonyl (C=O) groups excluding carboxylic acids is 3. The zero-order valence-electron chi connectivity index (χ0n) is 14.6. The third kappa shape index (κ3) is 7.23. The second kappa shape index (κ2) is 9.67. The summed E-state index contributed by atoms with van der Waals surface area (Å²) in [5.74, 6) is -0.683. The number of methoxy groups -OCH3 is 1. The number of nitrogens with one attached hydrogen (secondary N) is 2. The topological polar surface area (TPSA) is 87.7 Å². The molecule has 0 saturated carbocycles. The Hall–Kier alpha value is -2.41. The molecule has 0 radical (unpaired) electrons. The zero-order chi connectivity index (χ0) is 18.1. The van der Waals surface area contributed by atoms with Crippen LogP contribution in [-0.2, 0) is 20.9 Å². The van der Waals surface area contributed by atoms with E-state index in [4.69, 9.17) is 0 Å². The van der Waals surface area contributed by atoms with Crippen molar-refractivity contribution >= 4 is 17.8 Å². The van der Waals surface area contributed by atoms with Gasteiger partial charge in [0, 0.05) is 12.6 Å². The summed E-state index contributed by atoms with van der Waals surface area (Å²) < 4.78 is 4.63. The summed E-state index contributed by atoms with van der Waals surface area (Å²) in [5.41, 5.74) is 1.33. The smallest absolute Gasteiger partial charge is 0.337 e. The number of hydrogen-bond donors (Lipinski definition) is 2. The van der Waals surface area contributed by atoms with Crippen molar-refractivity contribution < 1.29 is 19.1 Å². The number of hydrogen-bond acceptors (Lipinski definition) is 5. The van der Waals surface area contributed by atoms with Crippen LogP contribution in [0.3, 0.4) is 0 Å². The van der Waals surface area contributed by atoms with Gasteiger partial charge in [-0.15, -0.1) is 0 Å². The van der Waals surface area contributed by atoms with Gasteiger partial charge in [-0.1, -0.05) is 12.1 Å². The Morgan fingerprint density at radius 1 is 1.08 bits per heavy atom. The first-order valence-electron chi connectivity index (χ1n) is 7.73. The van der Waals surface area contributed by atoms with Crippen LogP contribution < -0.4 is 10.6 Å². The number of ether oxygens (including phenoxy) is 1. The Balaban J connectivity index is 2.37. The predicted octanol–water partition coefficient (Wildman–Crippen LogP) is 0.546. The van der Waals surface area contributed by atoms with Crippen molar-refractivity contribution in [2.75, 3.05) is 27.2 Å². The highest BCUT2D eigenvalue weighted by Crippen LogP contribution is 2.05. The first kappa shape index (κ1) is 19.6. The molecule has 2 amide bonds. The van der Waals surface area contributed by atoms with Crippen LogP contribution in [0.5, 0.6) is 0 Å². The molecule has 0 saturated heterocycles. The number of amides is 2. The van der Waals surface area contributed by atoms with Crippen molar-refractivity contribution in [1.82, 2.24) is 15.5 Å². The lowest BCUT2D eigenvalue weighted by Gasteiger charge is -2.17. The molecular formula is C17H25N3O4. The summed E-state index contributed by atoms with van der Waals surface area (Å²) in [6.07, 6.45) is 0. The summed E-state index contributed by atoms with van der Waals surface area (Å²) in [5, 5.41) is 5.55. The minimum Gasteiger partial charge on any atom is -0.465 e. The molecule has 0 heterocycles. The molecule has 0 aromatic heterocycles. The van der Waals surface area contributed by atoms with Gasteiger partial charge in [0.2, 0.25) is 11.8 Å². The van der Waals surface area contributed by atoms with Gasteiger partial charge >= 0.3 is 5.97 Å². The average Bonchev–Trinajstić information content (AvgIpc) is 2.51. The van der Waals surface area contributed by atoms with Crippen molar-refractivity contribution in [3.05, 3.63) is 35.4 Å². The van der Waals surface area contributed by atoms with Gasteiger partial charge in [0.1, 0.15) is 0 Å². The molecule has 1 aromatic rings. The lowest BCUT2D eigenvalue weighted by molar-refractivity contribution is -0.124. The molecule has 7 nitrogen and oxygen atoms in total. The predicted molar refractivity (Wildman–Crippen MR) is 90.4 cm³/mol. The van der Waals surface area contributed by atoms with Crippen LogP contribution in [0.2, 0.25) is 0 Å². The first-order valence-corrected chi connectivity index (χ1v) is 7.73. The maximum Gasteiger partial charge on any atom is 0.337 e. The highest BCUT2D eigenvalue weighted by molar-refractivity contribution is 5.89. The standard InChI is InChI=1S/C17H25N3O4/c1-12(2)19-16(22)11-20(3)10-15(21)18-9-13-5-7-14(8-6-13)17(23)24-4/h5-8,12H,9-11H2,1-4H3,(H,18,21)(H,19,22). The van der Waals surface area contributed by atoms with E-state index < -0.39 is 5.97 Å². The van der Waals surface area contributed by atoms with Crippen molar-refractivity contribution in [3.63, 3.8) is 0 Å². The average molecular weight is 335 g/mol. The molecule has 0 aliphatic heterocycles. The van der Waals surface area contributed by atoms with Crippen LogP contribution >= 0.6 is 0 Å². The second-order valence-corrected chi connectivity index (χ2v) is 5.86. The first-order chi connectivity index (χ1) is 11.3. The van der Waals surface area contributed by atoms with Gasteiger partial charge in [-0.3, -0.25) is 14.5 Å². The molecule has 0 atom stereocenters. The maximum atomic E-state index is 11.9. The van der Waals surface area contributed by atoms with Gasteiger partial charge < -0.3 is 15.4 Å². The Labute approximate surface area is 142 Å². The number of nitrogens with zero attached hydrogens (tertiary/aromatic N) is 1. The SMILES string of the molecule is COC(=O)c1ccc(CNC(=O)CN(C)CC(=O)NC(C)C)cc1. The minimum atomic E-state index is -0.396. The fourth-order valence-electron chi connectivity index (χ4n) is 2.05. The van der Waals surface area contributed by atoms with Gasteiger partial charge in [-0.25, -0.2) is 4.79 Å². The third-order valence-electron chi connectivity index (χ3n) is 3.14. The van der Waals surface area contributed by atoms with E-state index >= 15 is 0 Å². The van der Waals surface area contributed by atoms with Crippen LogP contribution in [0, 0.1) is 0 Å². The van der Waals surface area contributed by atoms with Gasteiger partial charge in [0.05, 0.1) is 25.8 Å². The molecule has 0 bridgehead atoms. The molecule has 0 unspecified atom stereocenters. The van der Waals surface area contributed by atoms with E-state index in [1.165, 1.54) is 7.11 Å². The minimum absolute atomic E-state index is 0.0766. The molecule has 24 heavy (non-hydrogen) atoms. The fraction of sp³-hybridized carbons (Fsp3) is 0.471. The highest BCUT2D eigenvalue weighted by atomic mass is 16.5. The van der Waals surface area contributed by atoms with Crippen LogP contribution in [0.4, 0.5) is 0 Å². The molecule has 1 aromatic carbocycles. The molecular weight excluding hydrogens is 310 g/mol. The quantitative estimate of drug-likeness (QED) is 0.677. The van der Waals surface area contributed by atoms with Crippen molar-refractivity contribution in [2.45, 2.75) is 26.4 Å². The van der Waals surface area contributed by atoms with Crippen molar-refractivity contribution in [1.29, 1.82) is 0 Å². The maximum absolute atomic E-state index is 11.9. The largest absolute Gasteiger partial charge is 0.465 e. The lowest BCUT2D eigenvalue weighted by atomic mass is 10.1. The molecule has 0 fully saturated rings. The summed E-state index contributed by atoms with van der Waals surface area (Å²) in [7, 11) is 3.04. The summed E-state index contributed by atoms with van der Waals surface area (Å²) >= 11 is 0. The molecule has 0 aliphatic carbocycles. The zero-order valence-corrected chi connectivity index (χ0v) is 14.6. The Bertz CT molecular complexity index is 570. The van der Waals surface area contributed by atoms with E-state index in [2.05, 4.69) is 15.4 Å². The molecule has 0 aliphatic rings. The van der Waals surface area contributed by atoms with Crippen LogP contribution in [-0.4, -0.2) is 56.0 Å². The summed E-state index contributed by atoms with van der Waals surface area (Å²) in [4.78, 5) is 36.5. The molecule has 7 heteroatoms. The van der Waals surface area contributed by atoms with E-state index in [9.17, 15) is 14.4 Å². The van der Waals surface area contributed by atoms with Crippen LogP contribution in [0.1, 0.15) is 29.8 Å². The summed E-state index contributed by atoms with van der Waals surface area (Å²) in [6, 6.07) is 6.89. The van der Waals surface area contributed by atoms with Gasteiger partial charge in [-0.05, 0) is 38.6 Å². The Morgan fingerprint density at radius 3 is 2.21 bits per heavy atom. The van der Waals surface area contributed by atoms with Crippen molar-refractivity contribution in [3.8, 4) is 0 Å². The number of benzene rings is 1. The Kier molecular flexibility index (Phi) is 7.91. The van der Waals surface area contributed by atoms with E-state index in [1.54, 1.807) is 36.2 Å². The number of likely N-dealkylation sites (N-methyl/N-ethyl adjacent to an activating group) is 1. The second-order valence-electron chi connectivity index (χ2n) is 5.86. The normalized spacial score (nSPS) is 10.6. The van der Waals surface area contributed by atoms with E-state index in [1.807, 2.05) is 13.8 Å². The number of rotatable bonds is 8. The monoisotopic (exact) mass is 335 g/mol. The van der Waals surface area contributed by atoms with Gasteiger partial charge in [0.15, 0.2) is 0 Å². The molecule has 2 N–H and O–H groups in total. The Morgan fingerprint density at radius 2 is 1.67 bits per heavy atom. The van der Waals surface area contributed by atoms with Gasteiger partial charge in [-0.2, -0.15) is 0 Å². The highest BCUT2D eigenvalue weighted by Gasteiger charge is 2.11. The molecule has 132 valence electrons. The lowest BCUT2D eigenvalue weighted by Crippen LogP contribution is -2.42. The third-order valence-corrected chi connectivity index (χ3v) is 3.14. The number of carbonyl (C=O) groups is 3. The van der Waals surface area contributed by atoms with Crippen molar-refractivity contribution in [2.24, 2.45) is 0 Å². The van der Waals surface area contributed by atoms with E-state index in [0.717, 1.165) is 5.56 Å². The molecule has 1 rings (SSSR count). The fourth-order valence-corrected chi connectivity index (χ4v) is 2.05.